The second-order valence-corrected chi connectivity index (χ2v) is 11.9. The Morgan fingerprint density at radius 2 is 0.938 bits per heavy atom. The van der Waals surface area contributed by atoms with Gasteiger partial charge in [0.05, 0.1) is 23.3 Å². The molecule has 0 aliphatic rings. The van der Waals surface area contributed by atoms with Gasteiger partial charge in [0, 0.05) is 21.5 Å². The maximum atomic E-state index is 10.1. The fourth-order valence-corrected chi connectivity index (χ4v) is 6.93. The predicted molar refractivity (Wildman–Crippen MR) is 192 cm³/mol. The normalized spacial score (nSPS) is 11.3. The minimum Gasteiger partial charge on any atom is -0.456 e. The van der Waals surface area contributed by atoms with Gasteiger partial charge in [-0.25, -0.2) is 0 Å². The molecule has 0 radical (unpaired) electrons. The van der Waals surface area contributed by atoms with Crippen LogP contribution in [0.2, 0.25) is 0 Å². The summed E-state index contributed by atoms with van der Waals surface area (Å²) in [7, 11) is 0. The lowest BCUT2D eigenvalue weighted by atomic mass is 9.83. The molecule has 0 unspecified atom stereocenters. The van der Waals surface area contributed by atoms with Gasteiger partial charge in [-0.2, -0.15) is 10.5 Å². The fraction of sp³-hybridized carbons (Fsp3) is 0. The number of hydrogen-bond donors (Lipinski definition) is 0. The third-order valence-electron chi connectivity index (χ3n) is 9.15. The predicted octanol–water partition coefficient (Wildman–Crippen LogP) is 11.9. The van der Waals surface area contributed by atoms with Crippen molar-refractivity contribution in [1.82, 2.24) is 0 Å². The summed E-state index contributed by atoms with van der Waals surface area (Å²) in [5.74, 6) is 0. The monoisotopic (exact) mass is 612 g/mol. The van der Waals surface area contributed by atoms with Crippen LogP contribution in [0.5, 0.6) is 0 Å². The van der Waals surface area contributed by atoms with Crippen LogP contribution in [0.25, 0.3) is 88.4 Å². The van der Waals surface area contributed by atoms with Crippen molar-refractivity contribution in [1.29, 1.82) is 10.5 Å². The molecule has 2 aromatic heterocycles. The second kappa shape index (κ2) is 10.9. The van der Waals surface area contributed by atoms with Crippen LogP contribution in [-0.4, -0.2) is 0 Å². The second-order valence-electron chi connectivity index (χ2n) is 11.9. The van der Waals surface area contributed by atoms with Gasteiger partial charge in [-0.05, 0) is 111 Å². The quantitative estimate of drug-likeness (QED) is 0.198. The smallest absolute Gasteiger partial charge is 0.135 e. The summed E-state index contributed by atoms with van der Waals surface area (Å²) in [5.41, 5.74) is 12.1. The first kappa shape index (κ1) is 27.4. The first-order valence-electron chi connectivity index (χ1n) is 15.7. The number of nitrogens with zero attached hydrogens (tertiary/aromatic N) is 2. The lowest BCUT2D eigenvalue weighted by Gasteiger charge is -2.20. The maximum absolute atomic E-state index is 10.1. The molecular weight excluding hydrogens is 588 g/mol. The fourth-order valence-electron chi connectivity index (χ4n) is 6.93. The van der Waals surface area contributed by atoms with Crippen molar-refractivity contribution in [3.05, 3.63) is 157 Å². The van der Waals surface area contributed by atoms with Crippen molar-refractivity contribution < 1.29 is 8.83 Å². The number of benzene rings is 7. The van der Waals surface area contributed by atoms with E-state index in [4.69, 9.17) is 8.83 Å². The highest BCUT2D eigenvalue weighted by atomic mass is 16.3. The molecule has 0 fully saturated rings. The molecule has 0 atom stereocenters. The molecule has 222 valence electrons. The molecule has 9 aromatic rings. The lowest BCUT2D eigenvalue weighted by molar-refractivity contribution is 0.668. The zero-order valence-electron chi connectivity index (χ0n) is 25.6. The number of rotatable bonds is 4. The first-order valence-corrected chi connectivity index (χ1v) is 15.7. The van der Waals surface area contributed by atoms with Gasteiger partial charge in [0.1, 0.15) is 22.3 Å². The molecule has 2 heterocycles. The molecular formula is C44H24N2O2. The average Bonchev–Trinajstić information content (AvgIpc) is 3.72. The largest absolute Gasteiger partial charge is 0.456 e. The van der Waals surface area contributed by atoms with Gasteiger partial charge in [0.2, 0.25) is 0 Å². The number of hydrogen-bond acceptors (Lipinski definition) is 4. The number of fused-ring (bicyclic) bond motifs is 6. The number of furan rings is 2. The van der Waals surface area contributed by atoms with Gasteiger partial charge >= 0.3 is 0 Å². The van der Waals surface area contributed by atoms with E-state index in [0.717, 1.165) is 88.4 Å². The van der Waals surface area contributed by atoms with E-state index < -0.39 is 0 Å². The van der Waals surface area contributed by atoms with Crippen LogP contribution in [0.4, 0.5) is 0 Å². The van der Waals surface area contributed by atoms with Gasteiger partial charge in [0.25, 0.3) is 0 Å². The van der Waals surface area contributed by atoms with Gasteiger partial charge in [-0.3, -0.25) is 0 Å². The highest BCUT2D eigenvalue weighted by Crippen LogP contribution is 2.46. The zero-order chi connectivity index (χ0) is 32.2. The third-order valence-corrected chi connectivity index (χ3v) is 9.15. The molecule has 0 aliphatic carbocycles. The molecule has 7 aromatic carbocycles. The van der Waals surface area contributed by atoms with Crippen molar-refractivity contribution in [2.24, 2.45) is 0 Å². The van der Waals surface area contributed by atoms with Gasteiger partial charge in [0.15, 0.2) is 0 Å². The van der Waals surface area contributed by atoms with Crippen LogP contribution >= 0.6 is 0 Å². The van der Waals surface area contributed by atoms with Crippen LogP contribution in [0.3, 0.4) is 0 Å². The van der Waals surface area contributed by atoms with E-state index >= 15 is 0 Å². The van der Waals surface area contributed by atoms with Crippen molar-refractivity contribution in [3.8, 4) is 56.6 Å². The van der Waals surface area contributed by atoms with Gasteiger partial charge in [-0.1, -0.05) is 78.9 Å². The molecule has 4 nitrogen and oxygen atoms in total. The maximum Gasteiger partial charge on any atom is 0.135 e. The first-order chi connectivity index (χ1) is 23.7. The Morgan fingerprint density at radius 3 is 1.54 bits per heavy atom. The minimum absolute atomic E-state index is 0.580. The van der Waals surface area contributed by atoms with Crippen LogP contribution in [0.15, 0.2) is 154 Å². The van der Waals surface area contributed by atoms with Crippen molar-refractivity contribution in [2.75, 3.05) is 0 Å². The molecule has 0 saturated carbocycles. The highest BCUT2D eigenvalue weighted by Gasteiger charge is 2.20. The van der Waals surface area contributed by atoms with E-state index in [0.29, 0.717) is 11.1 Å². The van der Waals surface area contributed by atoms with Crippen LogP contribution in [0, 0.1) is 22.7 Å². The Hall–Kier alpha value is -6.88. The topological polar surface area (TPSA) is 73.9 Å². The van der Waals surface area contributed by atoms with Gasteiger partial charge < -0.3 is 8.83 Å². The summed E-state index contributed by atoms with van der Waals surface area (Å²) in [6.07, 6.45) is 0. The Kier molecular flexibility index (Phi) is 6.22. The zero-order valence-corrected chi connectivity index (χ0v) is 25.6. The van der Waals surface area contributed by atoms with Crippen LogP contribution in [-0.2, 0) is 0 Å². The van der Waals surface area contributed by atoms with E-state index in [2.05, 4.69) is 66.7 Å². The highest BCUT2D eigenvalue weighted by molar-refractivity contribution is 6.09. The Morgan fingerprint density at radius 1 is 0.375 bits per heavy atom. The number of para-hydroxylation sites is 2. The van der Waals surface area contributed by atoms with E-state index in [1.807, 2.05) is 91.0 Å². The average molecular weight is 613 g/mol. The lowest BCUT2D eigenvalue weighted by Crippen LogP contribution is -1.95. The summed E-state index contributed by atoms with van der Waals surface area (Å²) >= 11 is 0. The van der Waals surface area contributed by atoms with Crippen LogP contribution in [0.1, 0.15) is 11.1 Å². The summed E-state index contributed by atoms with van der Waals surface area (Å²) < 4.78 is 12.4. The molecule has 48 heavy (non-hydrogen) atoms. The standard InChI is InChI=1S/C44H24N2O2/c45-25-27-8-7-10-30(20-27)44-36(28-16-18-42-38(21-28)34-12-3-5-14-40(34)47-42)23-32(33-11-2-1-9-31(33)26-46)24-37(44)29-17-19-43-39(22-29)35-13-4-6-15-41(35)48-43/h1-24H. The Balaban J connectivity index is 1.41. The molecule has 0 N–H and O–H groups in total. The SMILES string of the molecule is N#Cc1cccc(-c2c(-c3ccc4oc5ccccc5c4c3)cc(-c3ccccc3C#N)cc2-c2ccc3oc4ccccc4c3c2)c1. The molecule has 0 spiro atoms. The minimum atomic E-state index is 0.580. The van der Waals surface area contributed by atoms with E-state index in [9.17, 15) is 10.5 Å². The molecule has 0 amide bonds. The van der Waals surface area contributed by atoms with Crippen molar-refractivity contribution in [2.45, 2.75) is 0 Å². The van der Waals surface area contributed by atoms with Crippen molar-refractivity contribution in [3.63, 3.8) is 0 Å². The Bertz CT molecular complexity index is 2690. The van der Waals surface area contributed by atoms with Crippen molar-refractivity contribution >= 4 is 43.9 Å². The Labute approximate surface area is 275 Å². The van der Waals surface area contributed by atoms with Gasteiger partial charge in [-0.15, -0.1) is 0 Å². The van der Waals surface area contributed by atoms with Crippen LogP contribution < -0.4 is 0 Å². The molecule has 0 bridgehead atoms. The summed E-state index contributed by atoms with van der Waals surface area (Å²) in [6, 6.07) is 53.3. The summed E-state index contributed by atoms with van der Waals surface area (Å²) in [5, 5.41) is 24.2. The van der Waals surface area contributed by atoms with E-state index in [-0.39, 0.29) is 0 Å². The third kappa shape index (κ3) is 4.36. The molecule has 9 rings (SSSR count). The summed E-state index contributed by atoms with van der Waals surface area (Å²) in [4.78, 5) is 0. The van der Waals surface area contributed by atoms with E-state index in [1.54, 1.807) is 0 Å². The van der Waals surface area contributed by atoms with E-state index in [1.165, 1.54) is 0 Å². The molecule has 0 saturated heterocycles. The molecule has 0 aliphatic heterocycles. The molecule has 4 heteroatoms. The summed E-state index contributed by atoms with van der Waals surface area (Å²) in [6.45, 7) is 0. The number of nitriles is 2.